The highest BCUT2D eigenvalue weighted by molar-refractivity contribution is 7.98. The number of benzene rings is 1. The van der Waals surface area contributed by atoms with Crippen LogP contribution in [0.3, 0.4) is 0 Å². The zero-order valence-corrected chi connectivity index (χ0v) is 17.9. The van der Waals surface area contributed by atoms with Crippen LogP contribution in [0.2, 0.25) is 5.02 Å². The molecule has 0 unspecified atom stereocenters. The van der Waals surface area contributed by atoms with Gasteiger partial charge in [-0.15, -0.1) is 20.4 Å². The van der Waals surface area contributed by atoms with Gasteiger partial charge in [0.2, 0.25) is 11.8 Å². The van der Waals surface area contributed by atoms with Crippen molar-refractivity contribution in [2.75, 3.05) is 0 Å². The molecule has 2 heterocycles. The topological polar surface area (TPSA) is 69.6 Å². The van der Waals surface area contributed by atoms with Crippen LogP contribution in [0.15, 0.2) is 33.8 Å². The molecule has 0 spiro atoms. The van der Waals surface area contributed by atoms with Gasteiger partial charge in [0, 0.05) is 17.0 Å². The Bertz CT molecular complexity index is 956. The molecule has 3 aromatic rings. The lowest BCUT2D eigenvalue weighted by Crippen LogP contribution is -2.11. The molecule has 8 heteroatoms. The number of aromatic nitrogens is 5. The van der Waals surface area contributed by atoms with Crippen molar-refractivity contribution in [3.8, 4) is 11.4 Å². The second kappa shape index (κ2) is 7.87. The van der Waals surface area contributed by atoms with Crippen LogP contribution in [0.5, 0.6) is 0 Å². The molecule has 1 aromatic carbocycles. The molecule has 1 aliphatic rings. The molecule has 0 radical (unpaired) electrons. The van der Waals surface area contributed by atoms with E-state index in [-0.39, 0.29) is 5.41 Å². The normalized spacial score (nSPS) is 15.4. The first-order chi connectivity index (χ1) is 13.4. The van der Waals surface area contributed by atoms with Crippen molar-refractivity contribution in [2.24, 2.45) is 0 Å². The van der Waals surface area contributed by atoms with Crippen LogP contribution in [0.1, 0.15) is 64.3 Å². The molecule has 0 aliphatic heterocycles. The molecular formula is C20H24ClN5OS. The molecule has 0 saturated heterocycles. The van der Waals surface area contributed by atoms with Gasteiger partial charge in [-0.1, -0.05) is 69.1 Å². The third-order valence-corrected chi connectivity index (χ3v) is 6.16. The average Bonchev–Trinajstić information content (AvgIpc) is 3.39. The van der Waals surface area contributed by atoms with E-state index in [0.717, 1.165) is 29.4 Å². The monoisotopic (exact) mass is 417 g/mol. The minimum Gasteiger partial charge on any atom is -0.424 e. The van der Waals surface area contributed by atoms with E-state index >= 15 is 0 Å². The van der Waals surface area contributed by atoms with Crippen molar-refractivity contribution in [3.63, 3.8) is 0 Å². The summed E-state index contributed by atoms with van der Waals surface area (Å²) in [6.45, 7) is 6.18. The Kier molecular flexibility index (Phi) is 5.47. The summed E-state index contributed by atoms with van der Waals surface area (Å²) in [7, 11) is 0. The number of hydrogen-bond acceptors (Lipinski definition) is 6. The molecule has 2 aromatic heterocycles. The van der Waals surface area contributed by atoms with E-state index in [1.54, 1.807) is 11.8 Å². The van der Waals surface area contributed by atoms with E-state index in [0.29, 0.717) is 28.6 Å². The summed E-state index contributed by atoms with van der Waals surface area (Å²) in [4.78, 5) is 0. The molecule has 4 rings (SSSR count). The summed E-state index contributed by atoms with van der Waals surface area (Å²) in [6.07, 6.45) is 4.73. The Morgan fingerprint density at radius 1 is 1.11 bits per heavy atom. The molecule has 1 fully saturated rings. The minimum absolute atomic E-state index is 0.156. The maximum atomic E-state index is 6.44. The fraction of sp³-hybridized carbons (Fsp3) is 0.500. The van der Waals surface area contributed by atoms with Gasteiger partial charge in [-0.3, -0.25) is 4.57 Å². The van der Waals surface area contributed by atoms with Crippen LogP contribution in [-0.4, -0.2) is 25.0 Å². The van der Waals surface area contributed by atoms with E-state index in [9.17, 15) is 0 Å². The molecule has 148 valence electrons. The average molecular weight is 418 g/mol. The smallest absolute Gasteiger partial charge is 0.226 e. The summed E-state index contributed by atoms with van der Waals surface area (Å²) in [5.74, 6) is 2.66. The summed E-state index contributed by atoms with van der Waals surface area (Å²) >= 11 is 8.03. The highest BCUT2D eigenvalue weighted by atomic mass is 35.5. The number of halogens is 1. The first-order valence-electron chi connectivity index (χ1n) is 9.59. The van der Waals surface area contributed by atoms with Crippen molar-refractivity contribution < 1.29 is 4.42 Å². The van der Waals surface area contributed by atoms with Crippen LogP contribution in [0.25, 0.3) is 11.4 Å². The summed E-state index contributed by atoms with van der Waals surface area (Å²) in [5, 5.41) is 18.9. The fourth-order valence-corrected chi connectivity index (χ4v) is 4.50. The number of nitrogens with zero attached hydrogens (tertiary/aromatic N) is 5. The second-order valence-corrected chi connectivity index (χ2v) is 9.48. The van der Waals surface area contributed by atoms with Crippen molar-refractivity contribution in [1.82, 2.24) is 25.0 Å². The Hall–Kier alpha value is -1.86. The van der Waals surface area contributed by atoms with Crippen molar-refractivity contribution in [1.29, 1.82) is 0 Å². The van der Waals surface area contributed by atoms with E-state index in [4.69, 9.17) is 16.0 Å². The van der Waals surface area contributed by atoms with Gasteiger partial charge in [0.25, 0.3) is 0 Å². The molecule has 1 aliphatic carbocycles. The highest BCUT2D eigenvalue weighted by Gasteiger charge is 2.26. The van der Waals surface area contributed by atoms with Crippen LogP contribution < -0.4 is 0 Å². The van der Waals surface area contributed by atoms with Gasteiger partial charge in [0.1, 0.15) is 0 Å². The fourth-order valence-electron chi connectivity index (χ4n) is 3.43. The van der Waals surface area contributed by atoms with Gasteiger partial charge in [0.05, 0.1) is 10.8 Å². The lowest BCUT2D eigenvalue weighted by Gasteiger charge is -2.17. The molecule has 6 nitrogen and oxygen atoms in total. The Labute approximate surface area is 174 Å². The molecule has 0 amide bonds. The van der Waals surface area contributed by atoms with E-state index in [1.807, 2.05) is 24.3 Å². The lowest BCUT2D eigenvalue weighted by atomic mass is 9.97. The van der Waals surface area contributed by atoms with Gasteiger partial charge < -0.3 is 4.42 Å². The molecule has 28 heavy (non-hydrogen) atoms. The maximum Gasteiger partial charge on any atom is 0.226 e. The Balaban J connectivity index is 1.62. The first kappa shape index (κ1) is 19.5. The number of hydrogen-bond donors (Lipinski definition) is 0. The van der Waals surface area contributed by atoms with Gasteiger partial charge in [-0.05, 0) is 25.0 Å². The largest absolute Gasteiger partial charge is 0.424 e. The molecule has 0 atom stereocenters. The summed E-state index contributed by atoms with van der Waals surface area (Å²) in [5.41, 5.74) is 0.764. The molecule has 0 bridgehead atoms. The zero-order valence-electron chi connectivity index (χ0n) is 16.4. The standard InChI is InChI=1S/C20H24ClN5OS/c1-20(2,3)18-24-22-16(27-18)12-28-19-25-23-17(14-10-6-7-11-15(14)21)26(19)13-8-4-5-9-13/h6-7,10-11,13H,4-5,8-9,12H2,1-3H3. The summed E-state index contributed by atoms with van der Waals surface area (Å²) < 4.78 is 8.07. The van der Waals surface area contributed by atoms with Crippen LogP contribution >= 0.6 is 23.4 Å². The predicted molar refractivity (Wildman–Crippen MR) is 111 cm³/mol. The molecule has 1 saturated carbocycles. The Morgan fingerprint density at radius 3 is 2.54 bits per heavy atom. The van der Waals surface area contributed by atoms with Crippen LogP contribution in [0.4, 0.5) is 0 Å². The minimum atomic E-state index is -0.156. The van der Waals surface area contributed by atoms with Gasteiger partial charge >= 0.3 is 0 Å². The van der Waals surface area contributed by atoms with E-state index < -0.39 is 0 Å². The quantitative estimate of drug-likeness (QED) is 0.497. The second-order valence-electron chi connectivity index (χ2n) is 8.13. The van der Waals surface area contributed by atoms with Crippen molar-refractivity contribution in [2.45, 2.75) is 68.8 Å². The van der Waals surface area contributed by atoms with E-state index in [2.05, 4.69) is 45.7 Å². The third-order valence-electron chi connectivity index (χ3n) is 4.90. The van der Waals surface area contributed by atoms with Gasteiger partial charge in [-0.2, -0.15) is 0 Å². The SMILES string of the molecule is CC(C)(C)c1nnc(CSc2nnc(-c3ccccc3Cl)n2C2CCCC2)o1. The van der Waals surface area contributed by atoms with E-state index in [1.165, 1.54) is 12.8 Å². The van der Waals surface area contributed by atoms with Gasteiger partial charge in [-0.25, -0.2) is 0 Å². The first-order valence-corrected chi connectivity index (χ1v) is 11.0. The number of rotatable bonds is 5. The van der Waals surface area contributed by atoms with Crippen LogP contribution in [0, 0.1) is 0 Å². The number of thioether (sulfide) groups is 1. The Morgan fingerprint density at radius 2 is 1.86 bits per heavy atom. The third kappa shape index (κ3) is 3.96. The lowest BCUT2D eigenvalue weighted by molar-refractivity contribution is 0.378. The summed E-state index contributed by atoms with van der Waals surface area (Å²) in [6, 6.07) is 8.20. The van der Waals surface area contributed by atoms with Crippen molar-refractivity contribution in [3.05, 3.63) is 41.1 Å². The maximum absolute atomic E-state index is 6.44. The molecule has 0 N–H and O–H groups in total. The molecular weight excluding hydrogens is 394 g/mol. The zero-order chi connectivity index (χ0) is 19.7. The van der Waals surface area contributed by atoms with Crippen molar-refractivity contribution >= 4 is 23.4 Å². The predicted octanol–water partition coefficient (Wildman–Crippen LogP) is 5.69. The highest BCUT2D eigenvalue weighted by Crippen LogP contribution is 2.38. The van der Waals surface area contributed by atoms with Crippen LogP contribution in [-0.2, 0) is 11.2 Å². The van der Waals surface area contributed by atoms with Gasteiger partial charge in [0.15, 0.2) is 11.0 Å².